The van der Waals surface area contributed by atoms with Crippen molar-refractivity contribution in [1.29, 1.82) is 0 Å². The van der Waals surface area contributed by atoms with Crippen LogP contribution in [0, 0.1) is 12.8 Å². The van der Waals surface area contributed by atoms with Crippen molar-refractivity contribution in [2.75, 3.05) is 13.1 Å². The largest absolute Gasteiger partial charge is 0.486 e. The van der Waals surface area contributed by atoms with Gasteiger partial charge in [0.05, 0.1) is 11.3 Å². The number of fused-ring (bicyclic) bond motifs is 1. The van der Waals surface area contributed by atoms with Crippen LogP contribution in [0.1, 0.15) is 35.0 Å². The van der Waals surface area contributed by atoms with E-state index in [0.717, 1.165) is 23.3 Å². The number of likely N-dealkylation sites (tertiary alicyclic amines) is 1. The van der Waals surface area contributed by atoms with Gasteiger partial charge in [-0.1, -0.05) is 18.2 Å². The van der Waals surface area contributed by atoms with Gasteiger partial charge < -0.3 is 19.8 Å². The predicted molar refractivity (Wildman–Crippen MR) is 108 cm³/mol. The standard InChI is InChI=1S/C22H26N4O2/c1-15-6-5-9-25-13-18(24-21(15)25)14-28-20-8-4-3-7-19(20)22(27)26-12-17(11-23)10-16(26)2/h3-9,13,16-17H,10-12,14,23H2,1-2H3. The van der Waals surface area contributed by atoms with Crippen molar-refractivity contribution in [3.63, 3.8) is 0 Å². The van der Waals surface area contributed by atoms with E-state index in [9.17, 15) is 4.79 Å². The van der Waals surface area contributed by atoms with Crippen LogP contribution < -0.4 is 10.5 Å². The molecule has 3 heterocycles. The van der Waals surface area contributed by atoms with E-state index in [2.05, 4.69) is 11.9 Å². The van der Waals surface area contributed by atoms with Crippen LogP contribution in [0.5, 0.6) is 5.75 Å². The maximum absolute atomic E-state index is 13.1. The number of carbonyl (C=O) groups is 1. The smallest absolute Gasteiger partial charge is 0.257 e. The van der Waals surface area contributed by atoms with Gasteiger partial charge in [0.2, 0.25) is 0 Å². The molecule has 1 saturated heterocycles. The average molecular weight is 378 g/mol. The second kappa shape index (κ2) is 7.64. The summed E-state index contributed by atoms with van der Waals surface area (Å²) in [5.74, 6) is 0.961. The van der Waals surface area contributed by atoms with Crippen LogP contribution >= 0.6 is 0 Å². The van der Waals surface area contributed by atoms with Crippen LogP contribution in [0.25, 0.3) is 5.65 Å². The van der Waals surface area contributed by atoms with Crippen LogP contribution in [0.3, 0.4) is 0 Å². The second-order valence-corrected chi connectivity index (χ2v) is 7.58. The van der Waals surface area contributed by atoms with E-state index in [0.29, 0.717) is 36.9 Å². The topological polar surface area (TPSA) is 72.9 Å². The summed E-state index contributed by atoms with van der Waals surface area (Å²) in [6, 6.07) is 11.6. The molecule has 0 bridgehead atoms. The van der Waals surface area contributed by atoms with Crippen molar-refractivity contribution in [3.05, 3.63) is 65.6 Å². The quantitative estimate of drug-likeness (QED) is 0.741. The summed E-state index contributed by atoms with van der Waals surface area (Å²) in [7, 11) is 0. The highest BCUT2D eigenvalue weighted by molar-refractivity contribution is 5.97. The average Bonchev–Trinajstić information content (AvgIpc) is 3.30. The van der Waals surface area contributed by atoms with E-state index in [1.54, 1.807) is 0 Å². The lowest BCUT2D eigenvalue weighted by molar-refractivity contribution is 0.0738. The van der Waals surface area contributed by atoms with Crippen LogP contribution in [-0.4, -0.2) is 39.3 Å². The first-order chi connectivity index (χ1) is 13.6. The third-order valence-electron chi connectivity index (χ3n) is 5.48. The molecule has 0 saturated carbocycles. The molecule has 1 aliphatic heterocycles. The van der Waals surface area contributed by atoms with Gasteiger partial charge in [0.1, 0.15) is 18.0 Å². The number of nitrogens with zero attached hydrogens (tertiary/aromatic N) is 3. The van der Waals surface area contributed by atoms with Crippen molar-refractivity contribution in [1.82, 2.24) is 14.3 Å². The van der Waals surface area contributed by atoms with E-state index < -0.39 is 0 Å². The number of pyridine rings is 1. The van der Waals surface area contributed by atoms with Crippen molar-refractivity contribution in [3.8, 4) is 5.75 Å². The second-order valence-electron chi connectivity index (χ2n) is 7.58. The molecule has 1 amide bonds. The minimum atomic E-state index is 0.00453. The number of aryl methyl sites for hydroxylation is 1. The van der Waals surface area contributed by atoms with Crippen LogP contribution in [-0.2, 0) is 6.61 Å². The van der Waals surface area contributed by atoms with Crippen LogP contribution in [0.2, 0.25) is 0 Å². The number of rotatable bonds is 5. The van der Waals surface area contributed by atoms with E-state index in [-0.39, 0.29) is 11.9 Å². The molecule has 1 fully saturated rings. The zero-order chi connectivity index (χ0) is 19.7. The Labute approximate surface area is 164 Å². The number of carbonyl (C=O) groups excluding carboxylic acids is 1. The monoisotopic (exact) mass is 378 g/mol. The molecule has 6 nitrogen and oxygen atoms in total. The van der Waals surface area contributed by atoms with Gasteiger partial charge in [-0.2, -0.15) is 0 Å². The third kappa shape index (κ3) is 3.47. The molecule has 1 aromatic carbocycles. The number of imidazole rings is 1. The molecule has 3 aromatic rings. The first kappa shape index (κ1) is 18.5. The van der Waals surface area contributed by atoms with E-state index in [1.807, 2.05) is 65.0 Å². The lowest BCUT2D eigenvalue weighted by Gasteiger charge is -2.22. The predicted octanol–water partition coefficient (Wildman–Crippen LogP) is 3.03. The number of amides is 1. The molecular formula is C22H26N4O2. The summed E-state index contributed by atoms with van der Waals surface area (Å²) < 4.78 is 8.00. The molecule has 2 unspecified atom stereocenters. The number of benzene rings is 1. The van der Waals surface area contributed by atoms with E-state index in [4.69, 9.17) is 10.5 Å². The fourth-order valence-electron chi connectivity index (χ4n) is 3.95. The molecule has 146 valence electrons. The Morgan fingerprint density at radius 3 is 2.86 bits per heavy atom. The van der Waals surface area contributed by atoms with Gasteiger partial charge >= 0.3 is 0 Å². The molecule has 0 aliphatic carbocycles. The minimum absolute atomic E-state index is 0.00453. The summed E-state index contributed by atoms with van der Waals surface area (Å²) in [5.41, 5.74) is 9.26. The molecule has 28 heavy (non-hydrogen) atoms. The van der Waals surface area contributed by atoms with Crippen molar-refractivity contribution < 1.29 is 9.53 Å². The van der Waals surface area contributed by atoms with Crippen molar-refractivity contribution in [2.24, 2.45) is 11.7 Å². The normalized spacial score (nSPS) is 19.3. The van der Waals surface area contributed by atoms with Gasteiger partial charge in [-0.05, 0) is 56.5 Å². The SMILES string of the molecule is Cc1cccn2cc(COc3ccccc3C(=O)N3CC(CN)CC3C)nc12. The third-order valence-corrected chi connectivity index (χ3v) is 5.48. The van der Waals surface area contributed by atoms with Crippen molar-refractivity contribution >= 4 is 11.6 Å². The minimum Gasteiger partial charge on any atom is -0.486 e. The first-order valence-corrected chi connectivity index (χ1v) is 9.73. The molecule has 4 rings (SSSR count). The van der Waals surface area contributed by atoms with Crippen LogP contribution in [0.15, 0.2) is 48.8 Å². The Morgan fingerprint density at radius 2 is 2.11 bits per heavy atom. The highest BCUT2D eigenvalue weighted by Gasteiger charge is 2.33. The molecular weight excluding hydrogens is 352 g/mol. The fraction of sp³-hybridized carbons (Fsp3) is 0.364. The summed E-state index contributed by atoms with van der Waals surface area (Å²) in [5, 5.41) is 0. The summed E-state index contributed by atoms with van der Waals surface area (Å²) in [6.07, 6.45) is 4.88. The van der Waals surface area contributed by atoms with Crippen molar-refractivity contribution in [2.45, 2.75) is 32.9 Å². The zero-order valence-corrected chi connectivity index (χ0v) is 16.3. The Bertz CT molecular complexity index is 997. The Balaban J connectivity index is 1.53. The number of aromatic nitrogens is 2. The molecule has 1 aliphatic rings. The highest BCUT2D eigenvalue weighted by Crippen LogP contribution is 2.28. The number of nitrogens with two attached hydrogens (primary N) is 1. The van der Waals surface area contributed by atoms with Gasteiger partial charge in [0, 0.05) is 25.0 Å². The van der Waals surface area contributed by atoms with Gasteiger partial charge in [0.15, 0.2) is 0 Å². The van der Waals surface area contributed by atoms with Crippen LogP contribution in [0.4, 0.5) is 0 Å². The van der Waals surface area contributed by atoms with E-state index >= 15 is 0 Å². The Kier molecular flexibility index (Phi) is 5.05. The number of hydrogen-bond acceptors (Lipinski definition) is 4. The Hall–Kier alpha value is -2.86. The summed E-state index contributed by atoms with van der Waals surface area (Å²) in [6.45, 7) is 5.74. The maximum Gasteiger partial charge on any atom is 0.257 e. The molecule has 0 radical (unpaired) electrons. The fourth-order valence-corrected chi connectivity index (χ4v) is 3.95. The lowest BCUT2D eigenvalue weighted by Crippen LogP contribution is -2.34. The molecule has 2 aromatic heterocycles. The van der Waals surface area contributed by atoms with Gasteiger partial charge in [-0.3, -0.25) is 4.79 Å². The summed E-state index contributed by atoms with van der Waals surface area (Å²) in [4.78, 5) is 19.7. The van der Waals surface area contributed by atoms with Gasteiger partial charge in [0.25, 0.3) is 5.91 Å². The first-order valence-electron chi connectivity index (χ1n) is 9.73. The number of ether oxygens (including phenoxy) is 1. The van der Waals surface area contributed by atoms with Gasteiger partial charge in [-0.15, -0.1) is 0 Å². The Morgan fingerprint density at radius 1 is 1.29 bits per heavy atom. The molecule has 2 N–H and O–H groups in total. The molecule has 0 spiro atoms. The lowest BCUT2D eigenvalue weighted by atomic mass is 10.1. The molecule has 6 heteroatoms. The maximum atomic E-state index is 13.1. The van der Waals surface area contributed by atoms with Gasteiger partial charge in [-0.25, -0.2) is 4.98 Å². The number of para-hydroxylation sites is 1. The zero-order valence-electron chi connectivity index (χ0n) is 16.3. The highest BCUT2D eigenvalue weighted by atomic mass is 16.5. The van der Waals surface area contributed by atoms with E-state index in [1.165, 1.54) is 0 Å². The molecule has 2 atom stereocenters. The number of hydrogen-bond donors (Lipinski definition) is 1. The summed E-state index contributed by atoms with van der Waals surface area (Å²) >= 11 is 0.